The first-order valence-corrected chi connectivity index (χ1v) is 11.4. The molecule has 0 bridgehead atoms. The minimum Gasteiger partial charge on any atom is -0.496 e. The van der Waals surface area contributed by atoms with Crippen molar-refractivity contribution in [1.29, 1.82) is 0 Å². The van der Waals surface area contributed by atoms with Crippen molar-refractivity contribution < 1.29 is 14.3 Å². The third-order valence-corrected chi connectivity index (χ3v) is 7.05. The largest absolute Gasteiger partial charge is 0.496 e. The molecule has 0 atom stereocenters. The SMILES string of the molecule is COc1ccccc1C(=O)CCC(=O)N1CCN(c2nnc(-c3cccs3)s2)CC1. The molecule has 3 aromatic rings. The van der Waals surface area contributed by atoms with Gasteiger partial charge in [-0.25, -0.2) is 0 Å². The van der Waals surface area contributed by atoms with Gasteiger partial charge < -0.3 is 14.5 Å². The third-order valence-electron chi connectivity index (χ3n) is 5.02. The number of ether oxygens (including phenoxy) is 1. The summed E-state index contributed by atoms with van der Waals surface area (Å²) >= 11 is 3.23. The van der Waals surface area contributed by atoms with Crippen LogP contribution in [-0.4, -0.2) is 60.1 Å². The molecular formula is C21H22N4O3S2. The Labute approximate surface area is 182 Å². The second kappa shape index (κ2) is 9.36. The number of carbonyl (C=O) groups is 2. The summed E-state index contributed by atoms with van der Waals surface area (Å²) in [6.45, 7) is 2.67. The summed E-state index contributed by atoms with van der Waals surface area (Å²) in [4.78, 5) is 30.2. The number of methoxy groups -OCH3 is 1. The highest BCUT2D eigenvalue weighted by Crippen LogP contribution is 2.31. The maximum absolute atomic E-state index is 12.6. The minimum absolute atomic E-state index is 0.00874. The van der Waals surface area contributed by atoms with E-state index < -0.39 is 0 Å². The Morgan fingerprint density at radius 3 is 2.57 bits per heavy atom. The zero-order valence-corrected chi connectivity index (χ0v) is 18.2. The molecule has 156 valence electrons. The van der Waals surface area contributed by atoms with Crippen LogP contribution < -0.4 is 9.64 Å². The fourth-order valence-corrected chi connectivity index (χ4v) is 5.07. The number of para-hydroxylation sites is 1. The first kappa shape index (κ1) is 20.5. The number of amides is 1. The predicted molar refractivity (Wildman–Crippen MR) is 119 cm³/mol. The molecule has 0 unspecified atom stereocenters. The van der Waals surface area contributed by atoms with E-state index >= 15 is 0 Å². The molecule has 30 heavy (non-hydrogen) atoms. The predicted octanol–water partition coefficient (Wildman–Crippen LogP) is 3.59. The van der Waals surface area contributed by atoms with Crippen molar-refractivity contribution in [3.8, 4) is 15.6 Å². The third kappa shape index (κ3) is 4.52. The number of piperazine rings is 1. The number of rotatable bonds is 7. The van der Waals surface area contributed by atoms with Crippen LogP contribution in [0, 0.1) is 0 Å². The zero-order valence-electron chi connectivity index (χ0n) is 16.6. The second-order valence-electron chi connectivity index (χ2n) is 6.86. The van der Waals surface area contributed by atoms with Crippen LogP contribution in [-0.2, 0) is 4.79 Å². The van der Waals surface area contributed by atoms with Gasteiger partial charge >= 0.3 is 0 Å². The summed E-state index contributed by atoms with van der Waals surface area (Å²) in [5.41, 5.74) is 0.524. The molecule has 1 amide bonds. The molecular weight excluding hydrogens is 420 g/mol. The molecule has 1 aliphatic rings. The molecule has 1 fully saturated rings. The van der Waals surface area contributed by atoms with Crippen molar-refractivity contribution in [2.24, 2.45) is 0 Å². The van der Waals surface area contributed by atoms with Crippen LogP contribution >= 0.6 is 22.7 Å². The summed E-state index contributed by atoms with van der Waals surface area (Å²) in [6, 6.07) is 11.2. The highest BCUT2D eigenvalue weighted by atomic mass is 32.1. The average molecular weight is 443 g/mol. The van der Waals surface area contributed by atoms with Crippen molar-refractivity contribution in [3.63, 3.8) is 0 Å². The summed E-state index contributed by atoms with van der Waals surface area (Å²) in [6.07, 6.45) is 0.387. The van der Waals surface area contributed by atoms with Crippen molar-refractivity contribution >= 4 is 39.5 Å². The number of hydrogen-bond donors (Lipinski definition) is 0. The first-order valence-electron chi connectivity index (χ1n) is 9.72. The van der Waals surface area contributed by atoms with Crippen molar-refractivity contribution in [3.05, 3.63) is 47.3 Å². The lowest BCUT2D eigenvalue weighted by atomic mass is 10.0. The topological polar surface area (TPSA) is 75.6 Å². The number of carbonyl (C=O) groups excluding carboxylic acids is 2. The van der Waals surface area contributed by atoms with Gasteiger partial charge in [-0.05, 0) is 23.6 Å². The van der Waals surface area contributed by atoms with Gasteiger partial charge in [0, 0.05) is 39.0 Å². The van der Waals surface area contributed by atoms with E-state index in [9.17, 15) is 9.59 Å². The van der Waals surface area contributed by atoms with E-state index in [1.54, 1.807) is 40.9 Å². The number of thiophene rings is 1. The molecule has 3 heterocycles. The fourth-order valence-electron chi connectivity index (χ4n) is 3.38. The van der Waals surface area contributed by atoms with Gasteiger partial charge in [0.1, 0.15) is 5.75 Å². The van der Waals surface area contributed by atoms with Crippen LogP contribution in [0.3, 0.4) is 0 Å². The molecule has 0 radical (unpaired) electrons. The van der Waals surface area contributed by atoms with Crippen LogP contribution in [0.25, 0.3) is 9.88 Å². The Morgan fingerprint density at radius 2 is 1.83 bits per heavy atom. The van der Waals surface area contributed by atoms with Gasteiger partial charge in [-0.3, -0.25) is 9.59 Å². The van der Waals surface area contributed by atoms with E-state index in [2.05, 4.69) is 15.1 Å². The van der Waals surface area contributed by atoms with Gasteiger partial charge in [0.2, 0.25) is 11.0 Å². The minimum atomic E-state index is -0.0746. The standard InChI is InChI=1S/C21H22N4O3S2/c1-28-17-6-3-2-5-15(17)16(26)8-9-19(27)24-10-12-25(13-11-24)21-23-22-20(30-21)18-7-4-14-29-18/h2-7,14H,8-13H2,1H3. The number of Topliss-reactive ketones (excluding diaryl/α,β-unsaturated/α-hetero) is 1. The maximum Gasteiger partial charge on any atom is 0.223 e. The van der Waals surface area contributed by atoms with Gasteiger partial charge in [0.15, 0.2) is 10.8 Å². The van der Waals surface area contributed by atoms with Crippen LogP contribution in [0.15, 0.2) is 41.8 Å². The first-order chi connectivity index (χ1) is 14.7. The molecule has 7 nitrogen and oxygen atoms in total. The Kier molecular flexibility index (Phi) is 6.39. The molecule has 0 spiro atoms. The Balaban J connectivity index is 1.28. The lowest BCUT2D eigenvalue weighted by Gasteiger charge is -2.34. The lowest BCUT2D eigenvalue weighted by Crippen LogP contribution is -2.48. The van der Waals surface area contributed by atoms with Gasteiger partial charge in [-0.15, -0.1) is 21.5 Å². The Hall–Kier alpha value is -2.78. The van der Waals surface area contributed by atoms with E-state index in [1.165, 1.54) is 7.11 Å². The van der Waals surface area contributed by atoms with Gasteiger partial charge in [-0.2, -0.15) is 0 Å². The smallest absolute Gasteiger partial charge is 0.223 e. The molecule has 2 aromatic heterocycles. The number of hydrogen-bond acceptors (Lipinski definition) is 8. The van der Waals surface area contributed by atoms with E-state index in [0.29, 0.717) is 37.5 Å². The van der Waals surface area contributed by atoms with E-state index in [0.717, 1.165) is 15.0 Å². The molecule has 0 aliphatic carbocycles. The summed E-state index contributed by atoms with van der Waals surface area (Å²) in [5, 5.41) is 12.4. The van der Waals surface area contributed by atoms with E-state index in [4.69, 9.17) is 4.74 Å². The van der Waals surface area contributed by atoms with Crippen LogP contribution in [0.4, 0.5) is 5.13 Å². The molecule has 1 aliphatic heterocycles. The summed E-state index contributed by atoms with van der Waals surface area (Å²) in [5.74, 6) is 0.478. The second-order valence-corrected chi connectivity index (χ2v) is 8.76. The Bertz CT molecular complexity index is 1010. The monoisotopic (exact) mass is 442 g/mol. The van der Waals surface area contributed by atoms with Gasteiger partial charge in [0.05, 0.1) is 17.6 Å². The average Bonchev–Trinajstić information content (AvgIpc) is 3.49. The number of anilines is 1. The highest BCUT2D eigenvalue weighted by Gasteiger charge is 2.24. The van der Waals surface area contributed by atoms with E-state index in [-0.39, 0.29) is 24.5 Å². The van der Waals surface area contributed by atoms with Crippen molar-refractivity contribution in [2.45, 2.75) is 12.8 Å². The van der Waals surface area contributed by atoms with E-state index in [1.807, 2.05) is 28.5 Å². The summed E-state index contributed by atoms with van der Waals surface area (Å²) < 4.78 is 5.24. The molecule has 1 saturated heterocycles. The van der Waals surface area contributed by atoms with Crippen LogP contribution in [0.2, 0.25) is 0 Å². The van der Waals surface area contributed by atoms with Crippen molar-refractivity contribution in [1.82, 2.24) is 15.1 Å². The molecule has 9 heteroatoms. The lowest BCUT2D eigenvalue weighted by molar-refractivity contribution is -0.131. The zero-order chi connectivity index (χ0) is 20.9. The normalized spacial score (nSPS) is 14.0. The number of ketones is 1. The molecule has 0 saturated carbocycles. The summed E-state index contributed by atoms with van der Waals surface area (Å²) in [7, 11) is 1.54. The quantitative estimate of drug-likeness (QED) is 0.521. The highest BCUT2D eigenvalue weighted by molar-refractivity contribution is 7.22. The Morgan fingerprint density at radius 1 is 1.03 bits per heavy atom. The fraction of sp³-hybridized carbons (Fsp3) is 0.333. The molecule has 1 aromatic carbocycles. The van der Waals surface area contributed by atoms with Gasteiger partial charge in [-0.1, -0.05) is 29.5 Å². The van der Waals surface area contributed by atoms with Crippen molar-refractivity contribution in [2.75, 3.05) is 38.2 Å². The molecule has 0 N–H and O–H groups in total. The number of aromatic nitrogens is 2. The van der Waals surface area contributed by atoms with Gasteiger partial charge in [0.25, 0.3) is 0 Å². The number of benzene rings is 1. The molecule has 4 rings (SSSR count). The number of nitrogens with zero attached hydrogens (tertiary/aromatic N) is 4. The maximum atomic E-state index is 12.6. The van der Waals surface area contributed by atoms with Crippen LogP contribution in [0.5, 0.6) is 5.75 Å². The van der Waals surface area contributed by atoms with Crippen LogP contribution in [0.1, 0.15) is 23.2 Å².